The molecular weight excluding hydrogens is 256 g/mol. The third kappa shape index (κ3) is 2.75. The summed E-state index contributed by atoms with van der Waals surface area (Å²) >= 11 is 0. The number of fused-ring (bicyclic) bond motifs is 1. The van der Waals surface area contributed by atoms with Crippen molar-refractivity contribution in [2.45, 2.75) is 19.8 Å². The molecule has 5 heteroatoms. The van der Waals surface area contributed by atoms with Gasteiger partial charge in [0.1, 0.15) is 5.69 Å². The second-order valence-corrected chi connectivity index (χ2v) is 4.77. The summed E-state index contributed by atoms with van der Waals surface area (Å²) in [6, 6.07) is 6.29. The average Bonchev–Trinajstić information content (AvgIpc) is 3.11. The number of ether oxygens (including phenoxy) is 2. The molecule has 0 fully saturated rings. The van der Waals surface area contributed by atoms with Crippen molar-refractivity contribution in [1.82, 2.24) is 10.3 Å². The van der Waals surface area contributed by atoms with Crippen molar-refractivity contribution in [3.63, 3.8) is 0 Å². The van der Waals surface area contributed by atoms with E-state index in [4.69, 9.17) is 13.9 Å². The second kappa shape index (κ2) is 6.17. The molecule has 106 valence electrons. The predicted molar refractivity (Wildman–Crippen MR) is 74.0 cm³/mol. The fraction of sp³-hybridized carbons (Fsp3) is 0.400. The molecule has 0 aliphatic carbocycles. The Hall–Kier alpha value is -1.69. The predicted octanol–water partition coefficient (Wildman–Crippen LogP) is 2.11. The fourth-order valence-corrected chi connectivity index (χ4v) is 2.32. The summed E-state index contributed by atoms with van der Waals surface area (Å²) < 4.78 is 16.0. The normalized spacial score (nSPS) is 13.7. The van der Waals surface area contributed by atoms with Gasteiger partial charge < -0.3 is 19.2 Å². The Balaban J connectivity index is 1.75. The van der Waals surface area contributed by atoms with Crippen molar-refractivity contribution in [3.8, 4) is 11.3 Å². The molecule has 0 saturated carbocycles. The number of oxazole rings is 1. The minimum Gasteiger partial charge on any atom is -0.443 e. The lowest BCUT2D eigenvalue weighted by Gasteiger charge is -2.05. The lowest BCUT2D eigenvalue weighted by atomic mass is 10.0. The van der Waals surface area contributed by atoms with Crippen LogP contribution in [0.3, 0.4) is 0 Å². The van der Waals surface area contributed by atoms with Crippen LogP contribution in [0.15, 0.2) is 29.0 Å². The first-order chi connectivity index (χ1) is 9.88. The fourth-order valence-electron chi connectivity index (χ4n) is 2.32. The number of rotatable bonds is 6. The van der Waals surface area contributed by atoms with Crippen molar-refractivity contribution in [1.29, 1.82) is 0 Å². The number of hydrogen-bond acceptors (Lipinski definition) is 5. The molecule has 1 aromatic heterocycles. The molecule has 0 spiro atoms. The van der Waals surface area contributed by atoms with Gasteiger partial charge in [0.25, 0.3) is 0 Å². The van der Waals surface area contributed by atoms with Crippen molar-refractivity contribution >= 4 is 0 Å². The lowest BCUT2D eigenvalue weighted by molar-refractivity contribution is 0.134. The second-order valence-electron chi connectivity index (χ2n) is 4.77. The monoisotopic (exact) mass is 274 g/mol. The SMILES string of the molecule is COCCNCc1ncoc1-c1ccc2c(c1)COC2. The van der Waals surface area contributed by atoms with E-state index in [-0.39, 0.29) is 0 Å². The van der Waals surface area contributed by atoms with Gasteiger partial charge in [0, 0.05) is 25.8 Å². The number of aromatic nitrogens is 1. The third-order valence-corrected chi connectivity index (χ3v) is 3.40. The van der Waals surface area contributed by atoms with Gasteiger partial charge in [0.2, 0.25) is 0 Å². The van der Waals surface area contributed by atoms with Gasteiger partial charge in [-0.3, -0.25) is 0 Å². The lowest BCUT2D eigenvalue weighted by Crippen LogP contribution is -2.19. The Morgan fingerprint density at radius 3 is 3.10 bits per heavy atom. The van der Waals surface area contributed by atoms with E-state index >= 15 is 0 Å². The van der Waals surface area contributed by atoms with Crippen LogP contribution in [0.25, 0.3) is 11.3 Å². The summed E-state index contributed by atoms with van der Waals surface area (Å²) in [6.07, 6.45) is 1.49. The molecule has 2 heterocycles. The molecule has 0 unspecified atom stereocenters. The molecule has 20 heavy (non-hydrogen) atoms. The van der Waals surface area contributed by atoms with Crippen LogP contribution in [-0.2, 0) is 29.2 Å². The number of methoxy groups -OCH3 is 1. The smallest absolute Gasteiger partial charge is 0.181 e. The number of benzene rings is 1. The first kappa shape index (κ1) is 13.3. The van der Waals surface area contributed by atoms with Gasteiger partial charge in [-0.25, -0.2) is 4.98 Å². The highest BCUT2D eigenvalue weighted by Crippen LogP contribution is 2.28. The largest absolute Gasteiger partial charge is 0.443 e. The maximum Gasteiger partial charge on any atom is 0.181 e. The van der Waals surface area contributed by atoms with Crippen LogP contribution in [0.5, 0.6) is 0 Å². The van der Waals surface area contributed by atoms with Crippen LogP contribution in [0.2, 0.25) is 0 Å². The molecule has 0 bridgehead atoms. The van der Waals surface area contributed by atoms with Gasteiger partial charge in [-0.05, 0) is 17.2 Å². The molecular formula is C15H18N2O3. The zero-order valence-corrected chi connectivity index (χ0v) is 11.5. The Bertz CT molecular complexity index is 580. The van der Waals surface area contributed by atoms with Gasteiger partial charge in [0.05, 0.1) is 19.8 Å². The summed E-state index contributed by atoms with van der Waals surface area (Å²) in [5, 5.41) is 3.28. The standard InChI is InChI=1S/C15H18N2O3/c1-18-5-4-16-7-14-15(20-10-17-14)11-2-3-12-8-19-9-13(12)6-11/h2-3,6,10,16H,4-5,7-9H2,1H3. The highest BCUT2D eigenvalue weighted by Gasteiger charge is 2.15. The quantitative estimate of drug-likeness (QED) is 0.818. The molecule has 1 aromatic carbocycles. The van der Waals surface area contributed by atoms with Gasteiger partial charge >= 0.3 is 0 Å². The highest BCUT2D eigenvalue weighted by atomic mass is 16.5. The number of nitrogens with zero attached hydrogens (tertiary/aromatic N) is 1. The van der Waals surface area contributed by atoms with E-state index in [1.807, 2.05) is 0 Å². The third-order valence-electron chi connectivity index (χ3n) is 3.40. The van der Waals surface area contributed by atoms with E-state index in [1.165, 1.54) is 17.5 Å². The molecule has 3 rings (SSSR count). The topological polar surface area (TPSA) is 56.5 Å². The molecule has 0 atom stereocenters. The van der Waals surface area contributed by atoms with Gasteiger partial charge in [-0.15, -0.1) is 0 Å². The zero-order valence-electron chi connectivity index (χ0n) is 11.5. The Morgan fingerprint density at radius 1 is 1.30 bits per heavy atom. The van der Waals surface area contributed by atoms with E-state index in [0.29, 0.717) is 26.4 Å². The minimum atomic E-state index is 0.669. The zero-order chi connectivity index (χ0) is 13.8. The summed E-state index contributed by atoms with van der Waals surface area (Å²) in [4.78, 5) is 4.28. The molecule has 0 radical (unpaired) electrons. The van der Waals surface area contributed by atoms with E-state index in [9.17, 15) is 0 Å². The Labute approximate surface area is 117 Å². The summed E-state index contributed by atoms with van der Waals surface area (Å²) in [5.41, 5.74) is 4.46. The van der Waals surface area contributed by atoms with E-state index in [1.54, 1.807) is 7.11 Å². The number of hydrogen-bond donors (Lipinski definition) is 1. The molecule has 1 N–H and O–H groups in total. The summed E-state index contributed by atoms with van der Waals surface area (Å²) in [6.45, 7) is 3.53. The van der Waals surface area contributed by atoms with Crippen LogP contribution in [0.1, 0.15) is 16.8 Å². The van der Waals surface area contributed by atoms with Crippen LogP contribution < -0.4 is 5.32 Å². The van der Waals surface area contributed by atoms with Crippen molar-refractivity contribution in [2.24, 2.45) is 0 Å². The molecule has 2 aromatic rings. The van der Waals surface area contributed by atoms with Crippen LogP contribution >= 0.6 is 0 Å². The Kier molecular flexibility index (Phi) is 4.11. The first-order valence-corrected chi connectivity index (χ1v) is 6.70. The van der Waals surface area contributed by atoms with Crippen molar-refractivity contribution in [2.75, 3.05) is 20.3 Å². The van der Waals surface area contributed by atoms with Gasteiger partial charge in [0.15, 0.2) is 12.2 Å². The molecule has 0 saturated heterocycles. The van der Waals surface area contributed by atoms with Gasteiger partial charge in [-0.2, -0.15) is 0 Å². The minimum absolute atomic E-state index is 0.669. The highest BCUT2D eigenvalue weighted by molar-refractivity contribution is 5.61. The van der Waals surface area contributed by atoms with E-state index in [0.717, 1.165) is 23.6 Å². The average molecular weight is 274 g/mol. The molecule has 1 aliphatic rings. The maximum atomic E-state index is 5.54. The maximum absolute atomic E-state index is 5.54. The first-order valence-electron chi connectivity index (χ1n) is 6.70. The van der Waals surface area contributed by atoms with Gasteiger partial charge in [-0.1, -0.05) is 12.1 Å². The van der Waals surface area contributed by atoms with Crippen molar-refractivity contribution < 1.29 is 13.9 Å². The molecule has 5 nitrogen and oxygen atoms in total. The number of nitrogens with one attached hydrogen (secondary N) is 1. The Morgan fingerprint density at radius 2 is 2.20 bits per heavy atom. The summed E-state index contributed by atoms with van der Waals surface area (Å²) in [7, 11) is 1.69. The van der Waals surface area contributed by atoms with Crippen molar-refractivity contribution in [3.05, 3.63) is 41.4 Å². The van der Waals surface area contributed by atoms with Crippen LogP contribution in [0.4, 0.5) is 0 Å². The van der Waals surface area contributed by atoms with E-state index in [2.05, 4.69) is 28.5 Å². The van der Waals surface area contributed by atoms with E-state index < -0.39 is 0 Å². The van der Waals surface area contributed by atoms with Crippen LogP contribution in [0, 0.1) is 0 Å². The van der Waals surface area contributed by atoms with Crippen LogP contribution in [-0.4, -0.2) is 25.2 Å². The molecule has 0 amide bonds. The summed E-state index contributed by atoms with van der Waals surface area (Å²) in [5.74, 6) is 0.824. The molecule has 1 aliphatic heterocycles.